The second-order valence-corrected chi connectivity index (χ2v) is 7.59. The van der Waals surface area contributed by atoms with E-state index in [1.165, 1.54) is 49.4 Å². The van der Waals surface area contributed by atoms with Gasteiger partial charge in [-0.05, 0) is 42.9 Å². The fourth-order valence-corrected chi connectivity index (χ4v) is 4.39. The molecule has 3 heteroatoms. The van der Waals surface area contributed by atoms with E-state index in [9.17, 15) is 0 Å². The smallest absolute Gasteiger partial charge is 0.156 e. The maximum Gasteiger partial charge on any atom is 0.156 e. The molecule has 1 heterocycles. The Kier molecular flexibility index (Phi) is 5.61. The van der Waals surface area contributed by atoms with Crippen LogP contribution in [0.3, 0.4) is 0 Å². The Balaban J connectivity index is 1.74. The second-order valence-electron chi connectivity index (χ2n) is 6.62. The van der Waals surface area contributed by atoms with Crippen molar-refractivity contribution in [1.29, 1.82) is 0 Å². The van der Waals surface area contributed by atoms with E-state index < -0.39 is 0 Å². The normalized spacial score (nSPS) is 30.8. The Morgan fingerprint density at radius 1 is 1.21 bits per heavy atom. The minimum Gasteiger partial charge on any atom is -0.365 e. The molecule has 0 atom stereocenters. The van der Waals surface area contributed by atoms with Crippen LogP contribution in [0.15, 0.2) is 4.99 Å². The Labute approximate surface area is 123 Å². The van der Waals surface area contributed by atoms with Crippen LogP contribution in [0.25, 0.3) is 0 Å². The van der Waals surface area contributed by atoms with Gasteiger partial charge in [0.15, 0.2) is 5.17 Å². The summed E-state index contributed by atoms with van der Waals surface area (Å²) in [6, 6.07) is 0. The molecule has 0 aromatic rings. The third-order valence-corrected chi connectivity index (χ3v) is 6.55. The molecule has 19 heavy (non-hydrogen) atoms. The summed E-state index contributed by atoms with van der Waals surface area (Å²) in [4.78, 5) is 4.79. The topological polar surface area (TPSA) is 24.4 Å². The highest BCUT2D eigenvalue weighted by Gasteiger charge is 2.30. The van der Waals surface area contributed by atoms with Crippen molar-refractivity contribution in [2.24, 2.45) is 22.2 Å². The fraction of sp³-hybridized carbons (Fsp3) is 0.938. The van der Waals surface area contributed by atoms with Gasteiger partial charge in [0.1, 0.15) is 0 Å². The van der Waals surface area contributed by atoms with E-state index >= 15 is 0 Å². The van der Waals surface area contributed by atoms with Gasteiger partial charge >= 0.3 is 0 Å². The maximum absolute atomic E-state index is 4.79. The molecule has 0 aromatic heterocycles. The zero-order valence-electron chi connectivity index (χ0n) is 12.9. The van der Waals surface area contributed by atoms with Crippen LogP contribution in [0.4, 0.5) is 0 Å². The first-order valence-corrected chi connectivity index (χ1v) is 9.07. The van der Waals surface area contributed by atoms with Gasteiger partial charge in [0.2, 0.25) is 0 Å². The van der Waals surface area contributed by atoms with Gasteiger partial charge in [0, 0.05) is 18.8 Å². The van der Waals surface area contributed by atoms with Crippen LogP contribution < -0.4 is 5.32 Å². The van der Waals surface area contributed by atoms with E-state index in [1.807, 2.05) is 11.8 Å². The number of hydrogen-bond acceptors (Lipinski definition) is 3. The number of rotatable bonds is 4. The fourth-order valence-electron chi connectivity index (χ4n) is 3.10. The van der Waals surface area contributed by atoms with Crippen molar-refractivity contribution < 1.29 is 0 Å². The summed E-state index contributed by atoms with van der Waals surface area (Å²) in [6.45, 7) is 9.17. The minimum atomic E-state index is 0.468. The molecule has 0 saturated heterocycles. The van der Waals surface area contributed by atoms with Gasteiger partial charge in [0.25, 0.3) is 0 Å². The second kappa shape index (κ2) is 7.01. The van der Waals surface area contributed by atoms with Crippen molar-refractivity contribution in [2.45, 2.75) is 59.3 Å². The number of aliphatic imine (C=N–C) groups is 1. The lowest BCUT2D eigenvalue weighted by Gasteiger charge is -2.34. The largest absolute Gasteiger partial charge is 0.365 e. The van der Waals surface area contributed by atoms with Gasteiger partial charge in [0.05, 0.1) is 0 Å². The number of nitrogens with one attached hydrogen (secondary N) is 1. The number of nitrogens with zero attached hydrogens (tertiary/aromatic N) is 1. The summed E-state index contributed by atoms with van der Waals surface area (Å²) in [5.74, 6) is 3.07. The molecular formula is C16H30N2S. The SMILES string of the molecule is CCC1(CC)CN=C(NCC2CCC(C)CC2)SC1. The van der Waals surface area contributed by atoms with Gasteiger partial charge in [-0.2, -0.15) is 0 Å². The molecule has 1 N–H and O–H groups in total. The van der Waals surface area contributed by atoms with E-state index in [4.69, 9.17) is 4.99 Å². The van der Waals surface area contributed by atoms with E-state index in [0.717, 1.165) is 24.9 Å². The Morgan fingerprint density at radius 3 is 2.42 bits per heavy atom. The first-order valence-electron chi connectivity index (χ1n) is 8.08. The zero-order valence-corrected chi connectivity index (χ0v) is 13.7. The average molecular weight is 282 g/mol. The Bertz CT molecular complexity index is 302. The number of thioether (sulfide) groups is 1. The predicted molar refractivity (Wildman–Crippen MR) is 86.9 cm³/mol. The summed E-state index contributed by atoms with van der Waals surface area (Å²) < 4.78 is 0. The predicted octanol–water partition coefficient (Wildman–Crippen LogP) is 4.31. The van der Waals surface area contributed by atoms with E-state index in [2.05, 4.69) is 26.1 Å². The molecule has 0 aromatic carbocycles. The van der Waals surface area contributed by atoms with Crippen molar-refractivity contribution in [2.75, 3.05) is 18.8 Å². The highest BCUT2D eigenvalue weighted by Crippen LogP contribution is 2.35. The number of amidine groups is 1. The van der Waals surface area contributed by atoms with Crippen LogP contribution in [-0.2, 0) is 0 Å². The van der Waals surface area contributed by atoms with E-state index in [1.54, 1.807) is 0 Å². The summed E-state index contributed by atoms with van der Waals surface area (Å²) in [6.07, 6.45) is 8.16. The first-order chi connectivity index (χ1) is 9.17. The lowest BCUT2D eigenvalue weighted by atomic mass is 9.83. The van der Waals surface area contributed by atoms with Crippen molar-refractivity contribution in [3.63, 3.8) is 0 Å². The monoisotopic (exact) mass is 282 g/mol. The molecule has 0 radical (unpaired) electrons. The highest BCUT2D eigenvalue weighted by atomic mass is 32.2. The van der Waals surface area contributed by atoms with Crippen LogP contribution in [0.1, 0.15) is 59.3 Å². The van der Waals surface area contributed by atoms with Crippen LogP contribution in [-0.4, -0.2) is 24.0 Å². The van der Waals surface area contributed by atoms with E-state index in [-0.39, 0.29) is 0 Å². The number of hydrogen-bond donors (Lipinski definition) is 1. The Morgan fingerprint density at radius 2 is 1.89 bits per heavy atom. The third kappa shape index (κ3) is 4.14. The lowest BCUT2D eigenvalue weighted by molar-refractivity contribution is 0.289. The summed E-state index contributed by atoms with van der Waals surface area (Å²) in [7, 11) is 0. The van der Waals surface area contributed by atoms with Gasteiger partial charge < -0.3 is 5.32 Å². The van der Waals surface area contributed by atoms with Crippen molar-refractivity contribution in [1.82, 2.24) is 5.32 Å². The molecule has 2 aliphatic rings. The molecule has 1 fully saturated rings. The zero-order chi connectivity index (χ0) is 13.7. The van der Waals surface area contributed by atoms with Gasteiger partial charge in [-0.15, -0.1) is 0 Å². The summed E-state index contributed by atoms with van der Waals surface area (Å²) >= 11 is 1.95. The lowest BCUT2D eigenvalue weighted by Crippen LogP contribution is -2.36. The Hall–Kier alpha value is -0.180. The minimum absolute atomic E-state index is 0.468. The first kappa shape index (κ1) is 15.2. The van der Waals surface area contributed by atoms with Gasteiger partial charge in [-0.3, -0.25) is 4.99 Å². The van der Waals surface area contributed by atoms with Crippen LogP contribution in [0.2, 0.25) is 0 Å². The molecule has 0 unspecified atom stereocenters. The highest BCUT2D eigenvalue weighted by molar-refractivity contribution is 8.13. The standard InChI is InChI=1S/C16H30N2S/c1-4-16(5-2)11-18-15(19-12-16)17-10-14-8-6-13(3)7-9-14/h13-14H,4-12H2,1-3H3,(H,17,18). The molecule has 0 spiro atoms. The van der Waals surface area contributed by atoms with Gasteiger partial charge in [-0.25, -0.2) is 0 Å². The van der Waals surface area contributed by atoms with Crippen LogP contribution >= 0.6 is 11.8 Å². The molecule has 0 bridgehead atoms. The van der Waals surface area contributed by atoms with Gasteiger partial charge in [-0.1, -0.05) is 45.4 Å². The summed E-state index contributed by atoms with van der Waals surface area (Å²) in [5, 5.41) is 4.81. The molecule has 1 aliphatic carbocycles. The molecular weight excluding hydrogens is 252 g/mol. The summed E-state index contributed by atoms with van der Waals surface area (Å²) in [5.41, 5.74) is 0.468. The molecule has 2 rings (SSSR count). The van der Waals surface area contributed by atoms with E-state index in [0.29, 0.717) is 5.41 Å². The van der Waals surface area contributed by atoms with Crippen molar-refractivity contribution >= 4 is 16.9 Å². The maximum atomic E-state index is 4.79. The molecule has 2 nitrogen and oxygen atoms in total. The van der Waals surface area contributed by atoms with Crippen LogP contribution in [0.5, 0.6) is 0 Å². The molecule has 0 amide bonds. The quantitative estimate of drug-likeness (QED) is 0.831. The average Bonchev–Trinajstić information content (AvgIpc) is 2.47. The molecule has 1 saturated carbocycles. The third-order valence-electron chi connectivity index (χ3n) is 5.25. The molecule has 1 aliphatic heterocycles. The van der Waals surface area contributed by atoms with Crippen molar-refractivity contribution in [3.8, 4) is 0 Å². The van der Waals surface area contributed by atoms with Crippen molar-refractivity contribution in [3.05, 3.63) is 0 Å². The molecule has 110 valence electrons. The van der Waals surface area contributed by atoms with Crippen LogP contribution in [0, 0.1) is 17.3 Å².